The van der Waals surface area contributed by atoms with Crippen molar-refractivity contribution in [2.45, 2.75) is 59.2 Å². The van der Waals surface area contributed by atoms with Gasteiger partial charge in [-0.05, 0) is 31.2 Å². The molecular weight excluding hydrogens is 260 g/mol. The molecule has 1 aliphatic rings. The molecule has 1 aromatic rings. The summed E-state index contributed by atoms with van der Waals surface area (Å²) in [5.74, 6) is 0.791. The Hall–Kier alpha value is -1.35. The number of amides is 1. The Labute approximate surface area is 128 Å². The fraction of sp³-hybridized carbons (Fsp3) is 0.611. The van der Waals surface area contributed by atoms with Gasteiger partial charge in [0.1, 0.15) is 6.17 Å². The van der Waals surface area contributed by atoms with Gasteiger partial charge in [0.15, 0.2) is 0 Å². The zero-order valence-electron chi connectivity index (χ0n) is 13.7. The number of benzene rings is 1. The van der Waals surface area contributed by atoms with E-state index in [0.29, 0.717) is 5.92 Å². The maximum atomic E-state index is 12.7. The number of nitrogens with one attached hydrogen (secondary N) is 1. The SMILES string of the molecule is CCCCN1C(=O)C(CC(C)C)NC1c1ccc(C)cc1. The van der Waals surface area contributed by atoms with Crippen LogP contribution in [0.4, 0.5) is 0 Å². The second kappa shape index (κ2) is 7.08. The smallest absolute Gasteiger partial charge is 0.241 e. The molecule has 1 aliphatic heterocycles. The van der Waals surface area contributed by atoms with Gasteiger partial charge >= 0.3 is 0 Å². The second-order valence-electron chi connectivity index (χ2n) is 6.55. The van der Waals surface area contributed by atoms with Gasteiger partial charge in [-0.3, -0.25) is 10.1 Å². The fourth-order valence-electron chi connectivity index (χ4n) is 2.91. The average Bonchev–Trinajstić information content (AvgIpc) is 2.74. The van der Waals surface area contributed by atoms with Crippen LogP contribution in [0.2, 0.25) is 0 Å². The highest BCUT2D eigenvalue weighted by Gasteiger charge is 2.39. The molecule has 1 aromatic carbocycles. The van der Waals surface area contributed by atoms with Crippen molar-refractivity contribution < 1.29 is 4.79 Å². The zero-order chi connectivity index (χ0) is 15.4. The number of aryl methyl sites for hydroxylation is 1. The van der Waals surface area contributed by atoms with Gasteiger partial charge in [0, 0.05) is 6.54 Å². The van der Waals surface area contributed by atoms with E-state index in [1.165, 1.54) is 11.1 Å². The summed E-state index contributed by atoms with van der Waals surface area (Å²) < 4.78 is 0. The van der Waals surface area contributed by atoms with Crippen LogP contribution in [0.5, 0.6) is 0 Å². The van der Waals surface area contributed by atoms with Crippen LogP contribution in [-0.2, 0) is 4.79 Å². The minimum atomic E-state index is -0.0341. The van der Waals surface area contributed by atoms with Crippen molar-refractivity contribution >= 4 is 5.91 Å². The third kappa shape index (κ3) is 3.85. The Morgan fingerprint density at radius 3 is 2.48 bits per heavy atom. The Morgan fingerprint density at radius 2 is 1.90 bits per heavy atom. The number of nitrogens with zero attached hydrogens (tertiary/aromatic N) is 1. The molecule has 1 amide bonds. The summed E-state index contributed by atoms with van der Waals surface area (Å²) in [6.45, 7) is 9.44. The molecule has 2 unspecified atom stereocenters. The van der Waals surface area contributed by atoms with Gasteiger partial charge in [-0.25, -0.2) is 0 Å². The largest absolute Gasteiger partial charge is 0.322 e. The minimum absolute atomic E-state index is 0.0341. The van der Waals surface area contributed by atoms with Gasteiger partial charge in [-0.2, -0.15) is 0 Å². The van der Waals surface area contributed by atoms with Crippen LogP contribution >= 0.6 is 0 Å². The quantitative estimate of drug-likeness (QED) is 0.866. The molecule has 1 N–H and O–H groups in total. The lowest BCUT2D eigenvalue weighted by Gasteiger charge is -2.24. The first kappa shape index (κ1) is 16.0. The second-order valence-corrected chi connectivity index (χ2v) is 6.55. The number of carbonyl (C=O) groups is 1. The van der Waals surface area contributed by atoms with Crippen LogP contribution in [0.3, 0.4) is 0 Å². The van der Waals surface area contributed by atoms with Gasteiger partial charge in [-0.1, -0.05) is 57.0 Å². The normalized spacial score (nSPS) is 22.3. The number of carbonyl (C=O) groups excluding carboxylic acids is 1. The van der Waals surface area contributed by atoms with Crippen molar-refractivity contribution in [3.05, 3.63) is 35.4 Å². The van der Waals surface area contributed by atoms with Gasteiger partial charge in [0.25, 0.3) is 0 Å². The fourth-order valence-corrected chi connectivity index (χ4v) is 2.91. The van der Waals surface area contributed by atoms with E-state index in [-0.39, 0.29) is 18.1 Å². The molecule has 21 heavy (non-hydrogen) atoms. The molecule has 0 spiro atoms. The van der Waals surface area contributed by atoms with E-state index in [0.717, 1.165) is 25.8 Å². The molecule has 116 valence electrons. The molecule has 1 fully saturated rings. The van der Waals surface area contributed by atoms with Crippen molar-refractivity contribution in [2.24, 2.45) is 5.92 Å². The van der Waals surface area contributed by atoms with Crippen LogP contribution in [0.15, 0.2) is 24.3 Å². The molecule has 1 saturated heterocycles. The van der Waals surface area contributed by atoms with Crippen LogP contribution in [0.1, 0.15) is 57.3 Å². The lowest BCUT2D eigenvalue weighted by molar-refractivity contribution is -0.130. The van der Waals surface area contributed by atoms with Gasteiger partial charge in [-0.15, -0.1) is 0 Å². The third-order valence-corrected chi connectivity index (χ3v) is 4.10. The predicted molar refractivity (Wildman–Crippen MR) is 86.9 cm³/mol. The van der Waals surface area contributed by atoms with Crippen LogP contribution in [0, 0.1) is 12.8 Å². The number of hydrogen-bond acceptors (Lipinski definition) is 2. The molecule has 0 aliphatic carbocycles. The Bertz CT molecular complexity index is 467. The topological polar surface area (TPSA) is 32.3 Å². The van der Waals surface area contributed by atoms with Gasteiger partial charge < -0.3 is 4.90 Å². The summed E-state index contributed by atoms with van der Waals surface area (Å²) in [5.41, 5.74) is 2.44. The number of unbranched alkanes of at least 4 members (excludes halogenated alkanes) is 1. The van der Waals surface area contributed by atoms with Crippen molar-refractivity contribution in [3.63, 3.8) is 0 Å². The Balaban J connectivity index is 2.19. The molecule has 0 bridgehead atoms. The molecular formula is C18H28N2O. The standard InChI is InChI=1S/C18H28N2O/c1-5-6-11-20-17(15-9-7-14(4)8-10-15)19-16(18(20)21)12-13(2)3/h7-10,13,16-17,19H,5-6,11-12H2,1-4H3. The monoisotopic (exact) mass is 288 g/mol. The van der Waals surface area contributed by atoms with E-state index < -0.39 is 0 Å². The summed E-state index contributed by atoms with van der Waals surface area (Å²) in [5, 5.41) is 3.54. The first-order chi connectivity index (χ1) is 10.0. The van der Waals surface area contributed by atoms with Crippen molar-refractivity contribution in [1.82, 2.24) is 10.2 Å². The molecule has 2 atom stereocenters. The van der Waals surface area contributed by atoms with Crippen molar-refractivity contribution in [1.29, 1.82) is 0 Å². The number of rotatable bonds is 6. The van der Waals surface area contributed by atoms with E-state index >= 15 is 0 Å². The lowest BCUT2D eigenvalue weighted by atomic mass is 10.0. The maximum absolute atomic E-state index is 12.7. The molecule has 0 saturated carbocycles. The summed E-state index contributed by atoms with van der Waals surface area (Å²) in [6.07, 6.45) is 3.11. The summed E-state index contributed by atoms with van der Waals surface area (Å²) in [7, 11) is 0. The average molecular weight is 288 g/mol. The lowest BCUT2D eigenvalue weighted by Crippen LogP contribution is -2.32. The highest BCUT2D eigenvalue weighted by Crippen LogP contribution is 2.28. The van der Waals surface area contributed by atoms with E-state index in [1.54, 1.807) is 0 Å². The van der Waals surface area contributed by atoms with Crippen LogP contribution in [0.25, 0.3) is 0 Å². The minimum Gasteiger partial charge on any atom is -0.322 e. The van der Waals surface area contributed by atoms with Crippen LogP contribution in [-0.4, -0.2) is 23.4 Å². The van der Waals surface area contributed by atoms with E-state index in [1.807, 2.05) is 4.90 Å². The molecule has 2 rings (SSSR count). The Kier molecular flexibility index (Phi) is 5.40. The van der Waals surface area contributed by atoms with Crippen LogP contribution < -0.4 is 5.32 Å². The first-order valence-corrected chi connectivity index (χ1v) is 8.16. The highest BCUT2D eigenvalue weighted by molar-refractivity contribution is 5.84. The van der Waals surface area contributed by atoms with Gasteiger partial charge in [0.05, 0.1) is 6.04 Å². The Morgan fingerprint density at radius 1 is 1.24 bits per heavy atom. The number of hydrogen-bond donors (Lipinski definition) is 1. The zero-order valence-corrected chi connectivity index (χ0v) is 13.7. The van der Waals surface area contributed by atoms with E-state index in [4.69, 9.17) is 0 Å². The molecule has 0 radical (unpaired) electrons. The summed E-state index contributed by atoms with van der Waals surface area (Å²) in [6, 6.07) is 8.48. The predicted octanol–water partition coefficient (Wildman–Crippen LogP) is 3.64. The molecule has 1 heterocycles. The van der Waals surface area contributed by atoms with Gasteiger partial charge in [0.2, 0.25) is 5.91 Å². The molecule has 3 heteroatoms. The van der Waals surface area contributed by atoms with Crippen molar-refractivity contribution in [2.75, 3.05) is 6.54 Å². The first-order valence-electron chi connectivity index (χ1n) is 8.16. The summed E-state index contributed by atoms with van der Waals surface area (Å²) >= 11 is 0. The van der Waals surface area contributed by atoms with E-state index in [2.05, 4.69) is 57.3 Å². The van der Waals surface area contributed by atoms with Crippen molar-refractivity contribution in [3.8, 4) is 0 Å². The highest BCUT2D eigenvalue weighted by atomic mass is 16.2. The summed E-state index contributed by atoms with van der Waals surface area (Å²) in [4.78, 5) is 14.7. The van der Waals surface area contributed by atoms with E-state index in [9.17, 15) is 4.79 Å². The molecule has 0 aromatic heterocycles. The maximum Gasteiger partial charge on any atom is 0.241 e. The third-order valence-electron chi connectivity index (χ3n) is 4.10. The molecule has 3 nitrogen and oxygen atoms in total.